The van der Waals surface area contributed by atoms with Gasteiger partial charge >= 0.3 is 0 Å². The third-order valence-electron chi connectivity index (χ3n) is 3.77. The molecule has 0 saturated carbocycles. The normalized spacial score (nSPS) is 10.7. The predicted octanol–water partition coefficient (Wildman–Crippen LogP) is 5.08. The summed E-state index contributed by atoms with van der Waals surface area (Å²) in [5.41, 5.74) is 4.43. The van der Waals surface area contributed by atoms with Crippen molar-refractivity contribution in [2.75, 3.05) is 10.6 Å². The maximum atomic E-state index is 4.26. The van der Waals surface area contributed by atoms with E-state index in [1.165, 1.54) is 33.8 Å². The van der Waals surface area contributed by atoms with Crippen LogP contribution < -0.4 is 10.6 Å². The molecule has 2 heterocycles. The fourth-order valence-corrected chi connectivity index (χ4v) is 4.19. The van der Waals surface area contributed by atoms with Crippen LogP contribution in [0.1, 0.15) is 21.1 Å². The van der Waals surface area contributed by atoms with Gasteiger partial charge < -0.3 is 10.6 Å². The lowest BCUT2D eigenvalue weighted by atomic mass is 10.2. The molecule has 8 heteroatoms. The summed E-state index contributed by atoms with van der Waals surface area (Å²) in [5, 5.41) is 26.9. The smallest absolute Gasteiger partial charge is 0.210 e. The van der Waals surface area contributed by atoms with E-state index in [4.69, 9.17) is 0 Å². The molecule has 2 N–H and O–H groups in total. The lowest BCUT2D eigenvalue weighted by Gasteiger charge is -2.02. The fraction of sp³-hybridized carbons (Fsp3) is 0.158. The van der Waals surface area contributed by atoms with E-state index in [0.29, 0.717) is 6.42 Å². The summed E-state index contributed by atoms with van der Waals surface area (Å²) in [4.78, 5) is 0. The van der Waals surface area contributed by atoms with Crippen LogP contribution in [0, 0.1) is 13.8 Å². The minimum absolute atomic E-state index is 0.625. The molecule has 136 valence electrons. The van der Waals surface area contributed by atoms with Crippen molar-refractivity contribution in [1.29, 1.82) is 0 Å². The Morgan fingerprint density at radius 1 is 0.704 bits per heavy atom. The first-order valence-electron chi connectivity index (χ1n) is 8.46. The van der Waals surface area contributed by atoms with Crippen molar-refractivity contribution in [3.05, 3.63) is 69.7 Å². The van der Waals surface area contributed by atoms with Gasteiger partial charge in [0.1, 0.15) is 10.0 Å². The zero-order valence-electron chi connectivity index (χ0n) is 14.9. The molecular weight excluding hydrogens is 376 g/mol. The summed E-state index contributed by atoms with van der Waals surface area (Å²) in [6, 6.07) is 16.4. The first-order chi connectivity index (χ1) is 13.1. The van der Waals surface area contributed by atoms with Gasteiger partial charge in [0.25, 0.3) is 0 Å². The van der Waals surface area contributed by atoms with Gasteiger partial charge in [-0.25, -0.2) is 0 Å². The van der Waals surface area contributed by atoms with Gasteiger partial charge in [-0.3, -0.25) is 0 Å². The zero-order chi connectivity index (χ0) is 18.6. The van der Waals surface area contributed by atoms with Crippen molar-refractivity contribution in [2.45, 2.75) is 20.3 Å². The quantitative estimate of drug-likeness (QED) is 0.475. The summed E-state index contributed by atoms with van der Waals surface area (Å²) < 4.78 is 0. The van der Waals surface area contributed by atoms with Crippen molar-refractivity contribution in [2.24, 2.45) is 0 Å². The number of hydrogen-bond donors (Lipinski definition) is 2. The summed E-state index contributed by atoms with van der Waals surface area (Å²) in [6.07, 6.45) is 0.625. The molecule has 0 saturated heterocycles. The molecule has 2 aromatic heterocycles. The Kier molecular flexibility index (Phi) is 5.08. The van der Waals surface area contributed by atoms with Crippen LogP contribution in [0.25, 0.3) is 0 Å². The SMILES string of the molecule is Cc1cccc(Nc2nnc(Cc3nnc(Nc4cccc(C)c4)s3)s2)c1. The lowest BCUT2D eigenvalue weighted by Crippen LogP contribution is -1.89. The Labute approximate surface area is 165 Å². The van der Waals surface area contributed by atoms with Gasteiger partial charge in [-0.05, 0) is 49.2 Å². The number of hydrogen-bond acceptors (Lipinski definition) is 8. The van der Waals surface area contributed by atoms with E-state index in [1.807, 2.05) is 24.3 Å². The number of nitrogens with zero attached hydrogens (tertiary/aromatic N) is 4. The molecule has 0 fully saturated rings. The van der Waals surface area contributed by atoms with Crippen LogP contribution >= 0.6 is 22.7 Å². The minimum Gasteiger partial charge on any atom is -0.330 e. The Hall–Kier alpha value is -2.84. The van der Waals surface area contributed by atoms with Crippen molar-refractivity contribution in [1.82, 2.24) is 20.4 Å². The largest absolute Gasteiger partial charge is 0.330 e. The average molecular weight is 395 g/mol. The summed E-state index contributed by atoms with van der Waals surface area (Å²) in [6.45, 7) is 4.13. The van der Waals surface area contributed by atoms with Crippen LogP contribution in [-0.2, 0) is 6.42 Å². The Morgan fingerprint density at radius 3 is 1.63 bits per heavy atom. The third-order valence-corrected chi connectivity index (χ3v) is 5.45. The van der Waals surface area contributed by atoms with Crippen LogP contribution in [0.5, 0.6) is 0 Å². The van der Waals surface area contributed by atoms with Crippen molar-refractivity contribution in [3.8, 4) is 0 Å². The molecule has 0 radical (unpaired) electrons. The van der Waals surface area contributed by atoms with Gasteiger partial charge in [0.05, 0.1) is 6.42 Å². The van der Waals surface area contributed by atoms with E-state index in [1.54, 1.807) is 0 Å². The van der Waals surface area contributed by atoms with Gasteiger partial charge in [-0.15, -0.1) is 20.4 Å². The maximum Gasteiger partial charge on any atom is 0.210 e. The molecule has 0 aliphatic rings. The Bertz CT molecular complexity index is 972. The molecule has 0 unspecified atom stereocenters. The number of aromatic nitrogens is 4. The number of aryl methyl sites for hydroxylation is 2. The topological polar surface area (TPSA) is 75.6 Å². The second-order valence-corrected chi connectivity index (χ2v) is 8.29. The number of nitrogens with one attached hydrogen (secondary N) is 2. The monoisotopic (exact) mass is 394 g/mol. The van der Waals surface area contributed by atoms with Crippen molar-refractivity contribution >= 4 is 44.3 Å². The van der Waals surface area contributed by atoms with Crippen molar-refractivity contribution in [3.63, 3.8) is 0 Å². The molecule has 0 bridgehead atoms. The van der Waals surface area contributed by atoms with Gasteiger partial charge in [-0.2, -0.15) is 0 Å². The third kappa shape index (κ3) is 4.66. The Balaban J connectivity index is 1.40. The molecule has 4 aromatic rings. The lowest BCUT2D eigenvalue weighted by molar-refractivity contribution is 0.961. The highest BCUT2D eigenvalue weighted by Crippen LogP contribution is 2.26. The maximum absolute atomic E-state index is 4.26. The first-order valence-corrected chi connectivity index (χ1v) is 10.1. The average Bonchev–Trinajstić information content (AvgIpc) is 3.25. The Morgan fingerprint density at radius 2 is 1.19 bits per heavy atom. The van der Waals surface area contributed by atoms with Gasteiger partial charge in [-0.1, -0.05) is 46.9 Å². The standard InChI is InChI=1S/C19H18N6S2/c1-12-5-3-7-14(9-12)20-18-24-22-16(26-18)11-17-23-25-19(27-17)21-15-8-4-6-13(2)10-15/h3-10H,11H2,1-2H3,(H,20,24)(H,21,25). The van der Waals surface area contributed by atoms with E-state index in [-0.39, 0.29) is 0 Å². The van der Waals surface area contributed by atoms with Crippen molar-refractivity contribution < 1.29 is 0 Å². The number of benzene rings is 2. The molecule has 0 amide bonds. The van der Waals surface area contributed by atoms with Gasteiger partial charge in [0.15, 0.2) is 0 Å². The van der Waals surface area contributed by atoms with Crippen LogP contribution in [0.15, 0.2) is 48.5 Å². The highest BCUT2D eigenvalue weighted by Gasteiger charge is 2.10. The van der Waals surface area contributed by atoms with E-state index in [9.17, 15) is 0 Å². The number of anilines is 4. The van der Waals surface area contributed by atoms with Gasteiger partial charge in [0.2, 0.25) is 10.3 Å². The first kappa shape index (κ1) is 17.6. The van der Waals surface area contributed by atoms with E-state index >= 15 is 0 Å². The fourth-order valence-electron chi connectivity index (χ4n) is 2.57. The van der Waals surface area contributed by atoms with Crippen LogP contribution in [0.3, 0.4) is 0 Å². The molecule has 2 aromatic carbocycles. The molecule has 0 aliphatic heterocycles. The predicted molar refractivity (Wildman–Crippen MR) is 112 cm³/mol. The zero-order valence-corrected chi connectivity index (χ0v) is 16.6. The highest BCUT2D eigenvalue weighted by molar-refractivity contribution is 7.16. The highest BCUT2D eigenvalue weighted by atomic mass is 32.1. The van der Waals surface area contributed by atoms with E-state index in [2.05, 4.69) is 69.1 Å². The van der Waals surface area contributed by atoms with E-state index < -0.39 is 0 Å². The molecule has 0 spiro atoms. The van der Waals surface area contributed by atoms with Crippen LogP contribution in [-0.4, -0.2) is 20.4 Å². The molecular formula is C19H18N6S2. The second-order valence-electron chi connectivity index (χ2n) is 6.17. The number of rotatable bonds is 6. The second kappa shape index (κ2) is 7.81. The molecule has 4 rings (SSSR count). The van der Waals surface area contributed by atoms with Gasteiger partial charge in [0, 0.05) is 11.4 Å². The van der Waals surface area contributed by atoms with Crippen LogP contribution in [0.2, 0.25) is 0 Å². The summed E-state index contributed by atoms with van der Waals surface area (Å²) >= 11 is 3.06. The molecule has 0 aliphatic carbocycles. The molecule has 6 nitrogen and oxygen atoms in total. The summed E-state index contributed by atoms with van der Waals surface area (Å²) in [5.74, 6) is 0. The van der Waals surface area contributed by atoms with Crippen LogP contribution in [0.4, 0.5) is 21.6 Å². The van der Waals surface area contributed by atoms with E-state index in [0.717, 1.165) is 31.7 Å². The minimum atomic E-state index is 0.625. The summed E-state index contributed by atoms with van der Waals surface area (Å²) in [7, 11) is 0. The molecule has 27 heavy (non-hydrogen) atoms. The molecule has 0 atom stereocenters.